The van der Waals surface area contributed by atoms with Crippen LogP contribution in [-0.4, -0.2) is 22.9 Å². The molecular weight excluding hydrogens is 315 g/mol. The molecule has 0 aliphatic heterocycles. The van der Waals surface area contributed by atoms with E-state index in [2.05, 4.69) is 9.84 Å². The van der Waals surface area contributed by atoms with Gasteiger partial charge in [0, 0.05) is 5.56 Å². The number of ether oxygens (including phenoxy) is 1. The Balaban J connectivity index is 1.82. The van der Waals surface area contributed by atoms with Crippen LogP contribution >= 0.6 is 0 Å². The van der Waals surface area contributed by atoms with Gasteiger partial charge in [0.05, 0.1) is 19.2 Å². The minimum absolute atomic E-state index is 0.117. The lowest BCUT2D eigenvalue weighted by Gasteiger charge is -2.02. The zero-order valence-electron chi connectivity index (χ0n) is 12.7. The SMILES string of the molecule is COC(=O)c1ccc(Cn2nc(-c3ccc(F)cc3)oc2=O)cc1. The van der Waals surface area contributed by atoms with E-state index >= 15 is 0 Å². The van der Waals surface area contributed by atoms with Crippen LogP contribution in [0.2, 0.25) is 0 Å². The Morgan fingerprint density at radius 1 is 1.17 bits per heavy atom. The molecule has 0 atom stereocenters. The molecule has 0 unspecified atom stereocenters. The number of hydrogen-bond acceptors (Lipinski definition) is 5. The Kier molecular flexibility index (Phi) is 4.24. The summed E-state index contributed by atoms with van der Waals surface area (Å²) in [4.78, 5) is 23.3. The van der Waals surface area contributed by atoms with Gasteiger partial charge in [0.1, 0.15) is 5.82 Å². The summed E-state index contributed by atoms with van der Waals surface area (Å²) in [5, 5.41) is 4.10. The van der Waals surface area contributed by atoms with Crippen molar-refractivity contribution in [3.63, 3.8) is 0 Å². The van der Waals surface area contributed by atoms with Crippen LogP contribution in [0.1, 0.15) is 15.9 Å². The van der Waals surface area contributed by atoms with Gasteiger partial charge in [-0.2, -0.15) is 4.68 Å². The van der Waals surface area contributed by atoms with Crippen molar-refractivity contribution >= 4 is 5.97 Å². The Morgan fingerprint density at radius 2 is 1.83 bits per heavy atom. The summed E-state index contributed by atoms with van der Waals surface area (Å²) in [7, 11) is 1.31. The third-order valence-electron chi connectivity index (χ3n) is 3.40. The molecule has 0 fully saturated rings. The first kappa shape index (κ1) is 15.7. The van der Waals surface area contributed by atoms with Crippen molar-refractivity contribution < 1.29 is 18.3 Å². The number of esters is 1. The first-order valence-corrected chi connectivity index (χ1v) is 7.08. The summed E-state index contributed by atoms with van der Waals surface area (Å²) in [6, 6.07) is 12.1. The van der Waals surface area contributed by atoms with E-state index in [4.69, 9.17) is 4.42 Å². The van der Waals surface area contributed by atoms with Gasteiger partial charge in [-0.15, -0.1) is 5.10 Å². The Morgan fingerprint density at radius 3 is 2.46 bits per heavy atom. The number of rotatable bonds is 4. The zero-order valence-corrected chi connectivity index (χ0v) is 12.7. The second kappa shape index (κ2) is 6.49. The molecule has 122 valence electrons. The second-order valence-corrected chi connectivity index (χ2v) is 5.03. The van der Waals surface area contributed by atoms with E-state index in [0.717, 1.165) is 10.2 Å². The van der Waals surface area contributed by atoms with E-state index in [1.807, 2.05) is 0 Å². The number of hydrogen-bond donors (Lipinski definition) is 0. The predicted octanol–water partition coefficient (Wildman–Crippen LogP) is 2.48. The molecule has 0 aliphatic carbocycles. The molecule has 0 saturated carbocycles. The van der Waals surface area contributed by atoms with Gasteiger partial charge in [0.15, 0.2) is 0 Å². The average Bonchev–Trinajstić information content (AvgIpc) is 2.96. The lowest BCUT2D eigenvalue weighted by atomic mass is 10.1. The largest absolute Gasteiger partial charge is 0.465 e. The summed E-state index contributed by atoms with van der Waals surface area (Å²) in [5.41, 5.74) is 1.69. The quantitative estimate of drug-likeness (QED) is 0.688. The van der Waals surface area contributed by atoms with Crippen molar-refractivity contribution in [2.45, 2.75) is 6.54 Å². The van der Waals surface area contributed by atoms with Crippen LogP contribution in [-0.2, 0) is 11.3 Å². The van der Waals surface area contributed by atoms with Gasteiger partial charge >= 0.3 is 11.7 Å². The number of halogens is 1. The van der Waals surface area contributed by atoms with Crippen molar-refractivity contribution in [1.29, 1.82) is 0 Å². The Hall–Kier alpha value is -3.22. The highest BCUT2D eigenvalue weighted by molar-refractivity contribution is 5.89. The molecule has 0 amide bonds. The number of methoxy groups -OCH3 is 1. The topological polar surface area (TPSA) is 74.3 Å². The van der Waals surface area contributed by atoms with Gasteiger partial charge in [-0.05, 0) is 42.0 Å². The van der Waals surface area contributed by atoms with E-state index < -0.39 is 11.7 Å². The fraction of sp³-hybridized carbons (Fsp3) is 0.118. The van der Waals surface area contributed by atoms with E-state index in [-0.39, 0.29) is 18.3 Å². The number of aromatic nitrogens is 2. The zero-order chi connectivity index (χ0) is 17.1. The third-order valence-corrected chi connectivity index (χ3v) is 3.40. The molecule has 1 aromatic heterocycles. The maximum atomic E-state index is 12.9. The molecule has 0 bridgehead atoms. The molecule has 0 aliphatic rings. The monoisotopic (exact) mass is 328 g/mol. The molecule has 0 saturated heterocycles. The minimum atomic E-state index is -0.619. The molecule has 6 nitrogen and oxygen atoms in total. The van der Waals surface area contributed by atoms with Gasteiger partial charge in [-0.3, -0.25) is 0 Å². The van der Waals surface area contributed by atoms with E-state index in [9.17, 15) is 14.0 Å². The Bertz CT molecular complexity index is 911. The molecule has 7 heteroatoms. The minimum Gasteiger partial charge on any atom is -0.465 e. The van der Waals surface area contributed by atoms with Crippen LogP contribution in [0.25, 0.3) is 11.5 Å². The highest BCUT2D eigenvalue weighted by Crippen LogP contribution is 2.16. The van der Waals surface area contributed by atoms with E-state index in [1.54, 1.807) is 24.3 Å². The lowest BCUT2D eigenvalue weighted by Crippen LogP contribution is -2.16. The molecule has 2 aromatic carbocycles. The molecule has 0 N–H and O–H groups in total. The van der Waals surface area contributed by atoms with Crippen molar-refractivity contribution in [3.05, 3.63) is 76.0 Å². The van der Waals surface area contributed by atoms with Gasteiger partial charge in [0.25, 0.3) is 0 Å². The summed E-state index contributed by atoms with van der Waals surface area (Å²) in [6.45, 7) is 0.185. The average molecular weight is 328 g/mol. The van der Waals surface area contributed by atoms with Crippen molar-refractivity contribution in [1.82, 2.24) is 9.78 Å². The van der Waals surface area contributed by atoms with Crippen LogP contribution in [0.3, 0.4) is 0 Å². The molecule has 0 spiro atoms. The Labute approximate surface area is 136 Å². The first-order chi connectivity index (χ1) is 11.6. The number of carbonyl (C=O) groups is 1. The molecule has 1 heterocycles. The highest BCUT2D eigenvalue weighted by atomic mass is 19.1. The van der Waals surface area contributed by atoms with Gasteiger partial charge < -0.3 is 9.15 Å². The summed E-state index contributed by atoms with van der Waals surface area (Å²) >= 11 is 0. The normalized spacial score (nSPS) is 10.6. The standard InChI is InChI=1S/C17H13FN2O4/c1-23-16(21)13-4-2-11(3-5-13)10-20-17(22)24-15(19-20)12-6-8-14(18)9-7-12/h2-9H,10H2,1H3. The molecule has 3 aromatic rings. The van der Waals surface area contributed by atoms with E-state index in [0.29, 0.717) is 11.1 Å². The van der Waals surface area contributed by atoms with Gasteiger partial charge in [0.2, 0.25) is 5.89 Å². The number of benzene rings is 2. The smallest absolute Gasteiger partial charge is 0.437 e. The van der Waals surface area contributed by atoms with E-state index in [1.165, 1.54) is 31.4 Å². The molecule has 24 heavy (non-hydrogen) atoms. The van der Waals surface area contributed by atoms with Crippen LogP contribution in [0, 0.1) is 5.82 Å². The van der Waals surface area contributed by atoms with Crippen LogP contribution in [0.5, 0.6) is 0 Å². The molecule has 3 rings (SSSR count). The highest BCUT2D eigenvalue weighted by Gasteiger charge is 2.11. The third kappa shape index (κ3) is 3.24. The second-order valence-electron chi connectivity index (χ2n) is 5.03. The lowest BCUT2D eigenvalue weighted by molar-refractivity contribution is 0.0600. The number of nitrogens with zero attached hydrogens (tertiary/aromatic N) is 2. The van der Waals surface area contributed by atoms with Crippen molar-refractivity contribution in [3.8, 4) is 11.5 Å². The summed E-state index contributed by atoms with van der Waals surface area (Å²) in [5.74, 6) is -1.32. The van der Waals surface area contributed by atoms with Crippen LogP contribution in [0.4, 0.5) is 4.39 Å². The summed E-state index contributed by atoms with van der Waals surface area (Å²) < 4.78 is 23.8. The predicted molar refractivity (Wildman–Crippen MR) is 83.0 cm³/mol. The van der Waals surface area contributed by atoms with Gasteiger partial charge in [-0.1, -0.05) is 12.1 Å². The van der Waals surface area contributed by atoms with Crippen LogP contribution in [0.15, 0.2) is 57.7 Å². The van der Waals surface area contributed by atoms with Crippen molar-refractivity contribution in [2.75, 3.05) is 7.11 Å². The fourth-order valence-corrected chi connectivity index (χ4v) is 2.15. The fourth-order valence-electron chi connectivity index (χ4n) is 2.15. The van der Waals surface area contributed by atoms with Gasteiger partial charge in [-0.25, -0.2) is 14.0 Å². The maximum absolute atomic E-state index is 12.9. The van der Waals surface area contributed by atoms with Crippen molar-refractivity contribution in [2.24, 2.45) is 0 Å². The maximum Gasteiger partial charge on any atom is 0.437 e. The summed E-state index contributed by atoms with van der Waals surface area (Å²) in [6.07, 6.45) is 0. The molecular formula is C17H13FN2O4. The first-order valence-electron chi connectivity index (χ1n) is 7.08. The molecule has 0 radical (unpaired) electrons. The number of carbonyl (C=O) groups excluding carboxylic acids is 1. The van der Waals surface area contributed by atoms with Crippen LogP contribution < -0.4 is 5.76 Å².